The van der Waals surface area contributed by atoms with E-state index in [9.17, 15) is 18.3 Å². The van der Waals surface area contributed by atoms with E-state index in [1.807, 2.05) is 23.1 Å². The second kappa shape index (κ2) is 9.70. The van der Waals surface area contributed by atoms with Crippen molar-refractivity contribution in [2.75, 3.05) is 51.0 Å². The lowest BCUT2D eigenvalue weighted by molar-refractivity contribution is -0.137. The standard InChI is InChI=1S/C21H23ClF3N3O4/c22-17-8-15(21(23,24)25)9-26-20(17)28-5-3-27(4-6-28)10-16(29)12-30-11-14-1-2-18-19(7-14)32-13-31-18/h1-2,7-9,16,29H,3-6,10-13H2. The Morgan fingerprint density at radius 1 is 1.12 bits per heavy atom. The summed E-state index contributed by atoms with van der Waals surface area (Å²) in [6.07, 6.45) is -4.34. The Kier molecular flexibility index (Phi) is 6.94. The molecule has 1 atom stereocenters. The highest BCUT2D eigenvalue weighted by atomic mass is 35.5. The predicted octanol–water partition coefficient (Wildman–Crippen LogP) is 3.18. The summed E-state index contributed by atoms with van der Waals surface area (Å²) in [4.78, 5) is 7.84. The predicted molar refractivity (Wildman–Crippen MR) is 111 cm³/mol. The summed E-state index contributed by atoms with van der Waals surface area (Å²) in [6, 6.07) is 6.47. The van der Waals surface area contributed by atoms with Gasteiger partial charge in [-0.3, -0.25) is 4.90 Å². The number of aromatic nitrogens is 1. The quantitative estimate of drug-likeness (QED) is 0.662. The maximum atomic E-state index is 12.8. The number of fused-ring (bicyclic) bond motifs is 1. The summed E-state index contributed by atoms with van der Waals surface area (Å²) in [5, 5.41) is 10.3. The third-order valence-electron chi connectivity index (χ3n) is 5.31. The van der Waals surface area contributed by atoms with Crippen LogP contribution in [0.1, 0.15) is 11.1 Å². The second-order valence-corrected chi connectivity index (χ2v) is 8.08. The van der Waals surface area contributed by atoms with E-state index in [-0.39, 0.29) is 18.4 Å². The van der Waals surface area contributed by atoms with Crippen molar-refractivity contribution in [3.05, 3.63) is 46.6 Å². The SMILES string of the molecule is OC(COCc1ccc2c(c1)OCO2)CN1CCN(c2ncc(C(F)(F)F)cc2Cl)CC1. The first kappa shape index (κ1) is 22.9. The van der Waals surface area contributed by atoms with E-state index in [2.05, 4.69) is 9.88 Å². The lowest BCUT2D eigenvalue weighted by Crippen LogP contribution is -2.49. The number of aliphatic hydroxyl groups excluding tert-OH is 1. The van der Waals surface area contributed by atoms with E-state index in [4.69, 9.17) is 25.8 Å². The molecule has 1 unspecified atom stereocenters. The Morgan fingerprint density at radius 3 is 2.59 bits per heavy atom. The number of aliphatic hydroxyl groups is 1. The molecule has 0 saturated carbocycles. The van der Waals surface area contributed by atoms with Gasteiger partial charge in [-0.2, -0.15) is 13.2 Å². The highest BCUT2D eigenvalue weighted by molar-refractivity contribution is 6.33. The summed E-state index contributed by atoms with van der Waals surface area (Å²) >= 11 is 6.04. The molecule has 0 amide bonds. The van der Waals surface area contributed by atoms with Crippen LogP contribution in [0.4, 0.5) is 19.0 Å². The molecular formula is C21H23ClF3N3O4. The van der Waals surface area contributed by atoms with E-state index in [1.165, 1.54) is 0 Å². The van der Waals surface area contributed by atoms with E-state index in [0.717, 1.165) is 17.8 Å². The fourth-order valence-electron chi connectivity index (χ4n) is 3.65. The van der Waals surface area contributed by atoms with Crippen LogP contribution in [0.5, 0.6) is 11.5 Å². The molecule has 32 heavy (non-hydrogen) atoms. The Labute approximate surface area is 188 Å². The molecule has 1 aromatic carbocycles. The number of benzene rings is 1. The number of alkyl halides is 3. The molecule has 2 aromatic rings. The average molecular weight is 474 g/mol. The molecule has 1 fully saturated rings. The molecule has 1 aromatic heterocycles. The zero-order chi connectivity index (χ0) is 22.7. The molecular weight excluding hydrogens is 451 g/mol. The van der Waals surface area contributed by atoms with Crippen LogP contribution in [-0.4, -0.2) is 67.2 Å². The van der Waals surface area contributed by atoms with E-state index >= 15 is 0 Å². The Bertz CT molecular complexity index is 939. The van der Waals surface area contributed by atoms with Crippen molar-refractivity contribution in [1.29, 1.82) is 0 Å². The van der Waals surface area contributed by atoms with Gasteiger partial charge in [-0.1, -0.05) is 17.7 Å². The minimum atomic E-state index is -4.48. The molecule has 0 bridgehead atoms. The molecule has 4 rings (SSSR count). The number of hydrogen-bond acceptors (Lipinski definition) is 7. The number of β-amino-alcohol motifs (C(OH)–C–C–N with tert-alkyl or cyclic N) is 1. The molecule has 1 N–H and O–H groups in total. The number of nitrogens with zero attached hydrogens (tertiary/aromatic N) is 3. The highest BCUT2D eigenvalue weighted by Gasteiger charge is 2.32. The van der Waals surface area contributed by atoms with Gasteiger partial charge < -0.3 is 24.2 Å². The lowest BCUT2D eigenvalue weighted by Gasteiger charge is -2.36. The largest absolute Gasteiger partial charge is 0.454 e. The Morgan fingerprint density at radius 2 is 1.88 bits per heavy atom. The molecule has 7 nitrogen and oxygen atoms in total. The van der Waals surface area contributed by atoms with Gasteiger partial charge in [-0.05, 0) is 23.8 Å². The lowest BCUT2D eigenvalue weighted by atomic mass is 10.2. The van der Waals surface area contributed by atoms with Crippen molar-refractivity contribution in [3.8, 4) is 11.5 Å². The molecule has 0 aliphatic carbocycles. The number of halogens is 4. The van der Waals surface area contributed by atoms with Gasteiger partial charge in [0, 0.05) is 38.9 Å². The van der Waals surface area contributed by atoms with Crippen molar-refractivity contribution in [2.24, 2.45) is 0 Å². The Balaban J connectivity index is 1.20. The van der Waals surface area contributed by atoms with Gasteiger partial charge in [0.15, 0.2) is 11.5 Å². The maximum absolute atomic E-state index is 12.8. The molecule has 0 spiro atoms. The van der Waals surface area contributed by atoms with Crippen LogP contribution in [0, 0.1) is 0 Å². The Hall–Kier alpha value is -2.27. The number of rotatable bonds is 7. The van der Waals surface area contributed by atoms with Crippen molar-refractivity contribution in [2.45, 2.75) is 18.9 Å². The van der Waals surface area contributed by atoms with Crippen LogP contribution in [0.3, 0.4) is 0 Å². The van der Waals surface area contributed by atoms with Gasteiger partial charge in [0.05, 0.1) is 29.9 Å². The van der Waals surface area contributed by atoms with Gasteiger partial charge in [0.25, 0.3) is 0 Å². The molecule has 3 heterocycles. The molecule has 174 valence electrons. The summed E-state index contributed by atoms with van der Waals surface area (Å²) in [7, 11) is 0. The van der Waals surface area contributed by atoms with Crippen LogP contribution in [0.25, 0.3) is 0 Å². The van der Waals surface area contributed by atoms with Crippen LogP contribution in [0.2, 0.25) is 5.02 Å². The monoisotopic (exact) mass is 473 g/mol. The van der Waals surface area contributed by atoms with Gasteiger partial charge >= 0.3 is 6.18 Å². The number of ether oxygens (including phenoxy) is 3. The summed E-state index contributed by atoms with van der Waals surface area (Å²) in [5.41, 5.74) is 0.0599. The van der Waals surface area contributed by atoms with Gasteiger partial charge in [0.2, 0.25) is 6.79 Å². The van der Waals surface area contributed by atoms with E-state index in [1.54, 1.807) is 0 Å². The number of pyridine rings is 1. The van der Waals surface area contributed by atoms with Crippen molar-refractivity contribution >= 4 is 17.4 Å². The third kappa shape index (κ3) is 5.55. The first-order chi connectivity index (χ1) is 15.3. The normalized spacial score (nSPS) is 17.6. The zero-order valence-corrected chi connectivity index (χ0v) is 17.9. The molecule has 2 aliphatic rings. The number of anilines is 1. The smallest absolute Gasteiger partial charge is 0.417 e. The molecule has 2 aliphatic heterocycles. The second-order valence-electron chi connectivity index (χ2n) is 7.67. The fourth-order valence-corrected chi connectivity index (χ4v) is 3.94. The average Bonchev–Trinajstić information content (AvgIpc) is 3.22. The van der Waals surface area contributed by atoms with E-state index in [0.29, 0.717) is 56.6 Å². The van der Waals surface area contributed by atoms with E-state index < -0.39 is 17.8 Å². The molecule has 1 saturated heterocycles. The summed E-state index contributed by atoms with van der Waals surface area (Å²) < 4.78 is 54.6. The highest BCUT2D eigenvalue weighted by Crippen LogP contribution is 2.34. The van der Waals surface area contributed by atoms with Crippen molar-refractivity contribution in [1.82, 2.24) is 9.88 Å². The minimum absolute atomic E-state index is 0.0229. The van der Waals surface area contributed by atoms with Gasteiger partial charge in [-0.25, -0.2) is 4.98 Å². The van der Waals surface area contributed by atoms with Gasteiger partial charge in [0.1, 0.15) is 5.82 Å². The zero-order valence-electron chi connectivity index (χ0n) is 17.1. The maximum Gasteiger partial charge on any atom is 0.417 e. The van der Waals surface area contributed by atoms with Crippen LogP contribution in [0.15, 0.2) is 30.5 Å². The number of piperazine rings is 1. The van der Waals surface area contributed by atoms with Crippen molar-refractivity contribution in [3.63, 3.8) is 0 Å². The summed E-state index contributed by atoms with van der Waals surface area (Å²) in [6.45, 7) is 3.51. The molecule has 11 heteroatoms. The van der Waals surface area contributed by atoms with Crippen molar-refractivity contribution < 1.29 is 32.5 Å². The third-order valence-corrected chi connectivity index (χ3v) is 5.58. The topological polar surface area (TPSA) is 67.3 Å². The minimum Gasteiger partial charge on any atom is -0.454 e. The first-order valence-electron chi connectivity index (χ1n) is 10.1. The number of hydrogen-bond donors (Lipinski definition) is 1. The van der Waals surface area contributed by atoms with Crippen LogP contribution >= 0.6 is 11.6 Å². The van der Waals surface area contributed by atoms with Crippen LogP contribution in [-0.2, 0) is 17.5 Å². The van der Waals surface area contributed by atoms with Gasteiger partial charge in [-0.15, -0.1) is 0 Å². The summed E-state index contributed by atoms with van der Waals surface area (Å²) in [5.74, 6) is 1.74. The molecule has 0 radical (unpaired) electrons. The first-order valence-corrected chi connectivity index (χ1v) is 10.5. The van der Waals surface area contributed by atoms with Crippen LogP contribution < -0.4 is 14.4 Å². The fraction of sp³-hybridized carbons (Fsp3) is 0.476.